The Bertz CT molecular complexity index is 564. The van der Waals surface area contributed by atoms with E-state index in [1.54, 1.807) is 0 Å². The fourth-order valence-corrected chi connectivity index (χ4v) is 3.32. The normalized spacial score (nSPS) is 16.0. The number of hydrogen-bond donors (Lipinski definition) is 1. The second-order valence-electron chi connectivity index (χ2n) is 6.17. The lowest BCUT2D eigenvalue weighted by Gasteiger charge is -2.32. The van der Waals surface area contributed by atoms with Gasteiger partial charge in [0.1, 0.15) is 0 Å². The van der Waals surface area contributed by atoms with Crippen molar-refractivity contribution in [3.05, 3.63) is 32.9 Å². The van der Waals surface area contributed by atoms with Crippen molar-refractivity contribution < 1.29 is 9.59 Å². The van der Waals surface area contributed by atoms with Crippen LogP contribution in [0.3, 0.4) is 0 Å². The van der Waals surface area contributed by atoms with Gasteiger partial charge in [-0.15, -0.1) is 0 Å². The van der Waals surface area contributed by atoms with Gasteiger partial charge in [-0.05, 0) is 67.8 Å². The summed E-state index contributed by atoms with van der Waals surface area (Å²) in [6, 6.07) is 5.99. The van der Waals surface area contributed by atoms with E-state index in [2.05, 4.69) is 27.9 Å². The maximum absolute atomic E-state index is 12.6. The molecule has 0 bridgehead atoms. The molecule has 2 rings (SSSR count). The molecular weight excluding hydrogens is 391 g/mol. The molecule has 0 aromatic heterocycles. The lowest BCUT2D eigenvalue weighted by Crippen LogP contribution is -2.44. The van der Waals surface area contributed by atoms with Crippen molar-refractivity contribution in [3.8, 4) is 0 Å². The van der Waals surface area contributed by atoms with Crippen molar-refractivity contribution >= 4 is 34.4 Å². The van der Waals surface area contributed by atoms with E-state index in [1.807, 2.05) is 43.9 Å². The fraction of sp³-hybridized carbons (Fsp3) is 0.529. The number of benzene rings is 1. The van der Waals surface area contributed by atoms with Crippen LogP contribution in [0.4, 0.5) is 0 Å². The maximum atomic E-state index is 12.6. The standard InChI is InChI=1S/C17H23IN2O2/c1-11(2)19-16(21)13-7-9-20(10-8-13)17(22)14-6-4-5-12(3)15(14)18/h4-6,11,13H,7-10H2,1-3H3,(H,19,21). The number of amides is 2. The van der Waals surface area contributed by atoms with Gasteiger partial charge in [0.2, 0.25) is 5.91 Å². The SMILES string of the molecule is Cc1cccc(C(=O)N2CCC(C(=O)NC(C)C)CC2)c1I. The number of halogens is 1. The smallest absolute Gasteiger partial charge is 0.254 e. The molecule has 0 saturated carbocycles. The van der Waals surface area contributed by atoms with Crippen LogP contribution in [0.15, 0.2) is 18.2 Å². The molecular formula is C17H23IN2O2. The van der Waals surface area contributed by atoms with Gasteiger partial charge >= 0.3 is 0 Å². The lowest BCUT2D eigenvalue weighted by molar-refractivity contribution is -0.126. The van der Waals surface area contributed by atoms with Crippen LogP contribution in [0, 0.1) is 16.4 Å². The van der Waals surface area contributed by atoms with Gasteiger partial charge in [-0.3, -0.25) is 9.59 Å². The van der Waals surface area contributed by atoms with Gasteiger partial charge in [0.25, 0.3) is 5.91 Å². The molecule has 22 heavy (non-hydrogen) atoms. The van der Waals surface area contributed by atoms with Crippen LogP contribution < -0.4 is 5.32 Å². The third-order valence-corrected chi connectivity index (χ3v) is 5.44. The minimum absolute atomic E-state index is 0.0306. The monoisotopic (exact) mass is 414 g/mol. The van der Waals surface area contributed by atoms with Crippen LogP contribution in [0.1, 0.15) is 42.6 Å². The van der Waals surface area contributed by atoms with E-state index < -0.39 is 0 Å². The highest BCUT2D eigenvalue weighted by Gasteiger charge is 2.28. The van der Waals surface area contributed by atoms with Gasteiger partial charge in [-0.25, -0.2) is 0 Å². The third kappa shape index (κ3) is 4.00. The molecule has 0 unspecified atom stereocenters. The molecule has 1 aromatic rings. The highest BCUT2D eigenvalue weighted by molar-refractivity contribution is 14.1. The molecule has 1 aliphatic heterocycles. The quantitative estimate of drug-likeness (QED) is 0.774. The molecule has 1 aliphatic rings. The van der Waals surface area contributed by atoms with Crippen LogP contribution in [-0.4, -0.2) is 35.8 Å². The second-order valence-corrected chi connectivity index (χ2v) is 7.24. The first-order valence-electron chi connectivity index (χ1n) is 7.75. The number of likely N-dealkylation sites (tertiary alicyclic amines) is 1. The molecule has 1 heterocycles. The highest BCUT2D eigenvalue weighted by Crippen LogP contribution is 2.23. The summed E-state index contributed by atoms with van der Waals surface area (Å²) in [4.78, 5) is 26.6. The van der Waals surface area contributed by atoms with Crippen molar-refractivity contribution in [1.82, 2.24) is 10.2 Å². The summed E-state index contributed by atoms with van der Waals surface area (Å²) in [7, 11) is 0. The summed E-state index contributed by atoms with van der Waals surface area (Å²) < 4.78 is 1.02. The fourth-order valence-electron chi connectivity index (χ4n) is 2.73. The van der Waals surface area contributed by atoms with Crippen molar-refractivity contribution in [1.29, 1.82) is 0 Å². The van der Waals surface area contributed by atoms with E-state index in [1.165, 1.54) is 0 Å². The molecule has 2 amide bonds. The minimum Gasteiger partial charge on any atom is -0.354 e. The van der Waals surface area contributed by atoms with Gasteiger partial charge in [-0.1, -0.05) is 12.1 Å². The van der Waals surface area contributed by atoms with Crippen LogP contribution in [0.25, 0.3) is 0 Å². The van der Waals surface area contributed by atoms with E-state index in [0.29, 0.717) is 13.1 Å². The Balaban J connectivity index is 1.98. The molecule has 0 spiro atoms. The van der Waals surface area contributed by atoms with E-state index in [9.17, 15) is 9.59 Å². The zero-order chi connectivity index (χ0) is 16.3. The highest BCUT2D eigenvalue weighted by atomic mass is 127. The predicted molar refractivity (Wildman–Crippen MR) is 95.8 cm³/mol. The zero-order valence-corrected chi connectivity index (χ0v) is 15.5. The van der Waals surface area contributed by atoms with Crippen LogP contribution in [0.2, 0.25) is 0 Å². The number of piperidine rings is 1. The zero-order valence-electron chi connectivity index (χ0n) is 13.4. The molecule has 0 radical (unpaired) electrons. The molecule has 1 aromatic carbocycles. The maximum Gasteiger partial charge on any atom is 0.254 e. The Morgan fingerprint density at radius 2 is 1.91 bits per heavy atom. The molecule has 1 fully saturated rings. The van der Waals surface area contributed by atoms with Gasteiger partial charge in [-0.2, -0.15) is 0 Å². The van der Waals surface area contributed by atoms with Crippen LogP contribution in [0.5, 0.6) is 0 Å². The number of hydrogen-bond acceptors (Lipinski definition) is 2. The van der Waals surface area contributed by atoms with E-state index >= 15 is 0 Å². The topological polar surface area (TPSA) is 49.4 Å². The summed E-state index contributed by atoms with van der Waals surface area (Å²) >= 11 is 2.23. The largest absolute Gasteiger partial charge is 0.354 e. The number of nitrogens with zero attached hydrogens (tertiary/aromatic N) is 1. The summed E-state index contributed by atoms with van der Waals surface area (Å²) in [5.74, 6) is 0.228. The number of aryl methyl sites for hydroxylation is 1. The molecule has 5 heteroatoms. The predicted octanol–water partition coefficient (Wildman–Crippen LogP) is 2.98. The Hall–Kier alpha value is -1.11. The van der Waals surface area contributed by atoms with Gasteiger partial charge in [0.05, 0.1) is 5.56 Å². The Morgan fingerprint density at radius 1 is 1.27 bits per heavy atom. The summed E-state index contributed by atoms with van der Waals surface area (Å²) in [5, 5.41) is 2.96. The summed E-state index contributed by atoms with van der Waals surface area (Å²) in [6.07, 6.45) is 1.49. The van der Waals surface area contributed by atoms with Crippen molar-refractivity contribution in [2.45, 2.75) is 39.7 Å². The number of rotatable bonds is 3. The van der Waals surface area contributed by atoms with Gasteiger partial charge in [0, 0.05) is 28.6 Å². The van der Waals surface area contributed by atoms with Gasteiger partial charge < -0.3 is 10.2 Å². The Kier molecular flexibility index (Phi) is 5.83. The van der Waals surface area contributed by atoms with Crippen LogP contribution >= 0.6 is 22.6 Å². The molecule has 120 valence electrons. The minimum atomic E-state index is 0.0306. The van der Waals surface area contributed by atoms with Crippen molar-refractivity contribution in [3.63, 3.8) is 0 Å². The number of nitrogens with one attached hydrogen (secondary N) is 1. The summed E-state index contributed by atoms with van der Waals surface area (Å²) in [6.45, 7) is 7.26. The van der Waals surface area contributed by atoms with Crippen molar-refractivity contribution in [2.24, 2.45) is 5.92 Å². The average molecular weight is 414 g/mol. The number of carbonyl (C=O) groups excluding carboxylic acids is 2. The molecule has 1 saturated heterocycles. The number of carbonyl (C=O) groups is 2. The van der Waals surface area contributed by atoms with Gasteiger partial charge in [0.15, 0.2) is 0 Å². The summed E-state index contributed by atoms with van der Waals surface area (Å²) in [5.41, 5.74) is 1.89. The first-order chi connectivity index (χ1) is 10.4. The van der Waals surface area contributed by atoms with E-state index in [4.69, 9.17) is 0 Å². The lowest BCUT2D eigenvalue weighted by atomic mass is 9.95. The molecule has 0 atom stereocenters. The first kappa shape index (κ1) is 17.2. The molecule has 1 N–H and O–H groups in total. The first-order valence-corrected chi connectivity index (χ1v) is 8.82. The van der Waals surface area contributed by atoms with Crippen LogP contribution in [-0.2, 0) is 4.79 Å². The van der Waals surface area contributed by atoms with Crippen molar-refractivity contribution in [2.75, 3.05) is 13.1 Å². The van der Waals surface area contributed by atoms with E-state index in [-0.39, 0.29) is 23.8 Å². The molecule has 0 aliphatic carbocycles. The molecule has 4 nitrogen and oxygen atoms in total. The Labute approximate surface area is 145 Å². The second kappa shape index (κ2) is 7.44. The Morgan fingerprint density at radius 3 is 2.50 bits per heavy atom. The average Bonchev–Trinajstić information content (AvgIpc) is 2.49. The van der Waals surface area contributed by atoms with E-state index in [0.717, 1.165) is 27.5 Å². The third-order valence-electron chi connectivity index (χ3n) is 4.01.